The molecule has 6 nitrogen and oxygen atoms in total. The molecule has 0 radical (unpaired) electrons. The zero-order chi connectivity index (χ0) is 22.0. The monoisotopic (exact) mass is 417 g/mol. The number of nitrogens with zero attached hydrogens (tertiary/aromatic N) is 1. The predicted octanol–water partition coefficient (Wildman–Crippen LogP) is 4.57. The number of ketones is 1. The number of fused-ring (bicyclic) bond motifs is 1. The maximum absolute atomic E-state index is 12.7. The Balaban J connectivity index is 1.40. The number of hydrogen-bond donors (Lipinski definition) is 0. The second kappa shape index (κ2) is 8.52. The Morgan fingerprint density at radius 3 is 2.52 bits per heavy atom. The fourth-order valence-corrected chi connectivity index (χ4v) is 3.58. The lowest BCUT2D eigenvalue weighted by Crippen LogP contribution is -2.13. The number of ether oxygens (including phenoxy) is 3. The van der Waals surface area contributed by atoms with Crippen molar-refractivity contribution in [1.82, 2.24) is 4.57 Å². The standard InChI is InChI=1S/C25H23NO5/c1-16-4-8-20(9-5-16)26-17(2)12-21(18(26)3)22(27)14-29-25(28)11-7-19-6-10-23-24(13-19)31-15-30-23/h4-13H,14-15H2,1-3H3. The first-order chi connectivity index (χ1) is 14.9. The molecule has 6 heteroatoms. The van der Waals surface area contributed by atoms with Gasteiger partial charge in [-0.15, -0.1) is 0 Å². The molecule has 2 aromatic carbocycles. The Morgan fingerprint density at radius 2 is 1.74 bits per heavy atom. The van der Waals surface area contributed by atoms with E-state index in [0.717, 1.165) is 22.6 Å². The number of carbonyl (C=O) groups excluding carboxylic acids is 2. The number of hydrogen-bond acceptors (Lipinski definition) is 5. The van der Waals surface area contributed by atoms with Gasteiger partial charge >= 0.3 is 5.97 Å². The van der Waals surface area contributed by atoms with E-state index in [-0.39, 0.29) is 19.2 Å². The molecule has 4 rings (SSSR count). The normalized spacial score (nSPS) is 12.4. The van der Waals surface area contributed by atoms with Crippen molar-refractivity contribution in [1.29, 1.82) is 0 Å². The topological polar surface area (TPSA) is 66.8 Å². The molecule has 0 atom stereocenters. The van der Waals surface area contributed by atoms with Crippen LogP contribution >= 0.6 is 0 Å². The largest absolute Gasteiger partial charge is 0.454 e. The van der Waals surface area contributed by atoms with E-state index in [1.54, 1.807) is 18.2 Å². The first-order valence-corrected chi connectivity index (χ1v) is 9.96. The van der Waals surface area contributed by atoms with Gasteiger partial charge in [0.15, 0.2) is 18.1 Å². The predicted molar refractivity (Wildman–Crippen MR) is 117 cm³/mol. The van der Waals surface area contributed by atoms with Crippen LogP contribution in [0.5, 0.6) is 11.5 Å². The van der Waals surface area contributed by atoms with Crippen molar-refractivity contribution in [2.75, 3.05) is 13.4 Å². The molecule has 0 fully saturated rings. The molecule has 0 bridgehead atoms. The number of rotatable bonds is 6. The lowest BCUT2D eigenvalue weighted by molar-refractivity contribution is -0.136. The lowest BCUT2D eigenvalue weighted by atomic mass is 10.1. The third-order valence-electron chi connectivity index (χ3n) is 5.18. The van der Waals surface area contributed by atoms with Gasteiger partial charge in [0, 0.05) is 28.7 Å². The van der Waals surface area contributed by atoms with Crippen LogP contribution in [-0.2, 0) is 9.53 Å². The van der Waals surface area contributed by atoms with E-state index in [0.29, 0.717) is 17.1 Å². The summed E-state index contributed by atoms with van der Waals surface area (Å²) in [6, 6.07) is 15.3. The maximum Gasteiger partial charge on any atom is 0.331 e. The molecule has 3 aromatic rings. The zero-order valence-corrected chi connectivity index (χ0v) is 17.7. The molecule has 1 aliphatic rings. The van der Waals surface area contributed by atoms with Crippen LogP contribution in [0.15, 0.2) is 54.6 Å². The van der Waals surface area contributed by atoms with Crippen LogP contribution in [0.3, 0.4) is 0 Å². The molecule has 0 amide bonds. The smallest absolute Gasteiger partial charge is 0.331 e. The van der Waals surface area contributed by atoms with Gasteiger partial charge in [-0.25, -0.2) is 4.79 Å². The fraction of sp³-hybridized carbons (Fsp3) is 0.200. The highest BCUT2D eigenvalue weighted by atomic mass is 16.7. The first kappa shape index (κ1) is 20.5. The van der Waals surface area contributed by atoms with Gasteiger partial charge in [-0.05, 0) is 62.7 Å². The molecule has 0 unspecified atom stereocenters. The van der Waals surface area contributed by atoms with E-state index < -0.39 is 5.97 Å². The van der Waals surface area contributed by atoms with Crippen molar-refractivity contribution in [3.8, 4) is 17.2 Å². The molecule has 0 saturated carbocycles. The van der Waals surface area contributed by atoms with Gasteiger partial charge in [-0.3, -0.25) is 4.79 Å². The van der Waals surface area contributed by atoms with Crippen molar-refractivity contribution in [3.05, 3.63) is 82.7 Å². The molecule has 0 aliphatic carbocycles. The minimum Gasteiger partial charge on any atom is -0.454 e. The second-order valence-electron chi connectivity index (χ2n) is 7.43. The van der Waals surface area contributed by atoms with Crippen molar-refractivity contribution in [3.63, 3.8) is 0 Å². The molecule has 31 heavy (non-hydrogen) atoms. The van der Waals surface area contributed by atoms with E-state index in [1.807, 2.05) is 61.7 Å². The van der Waals surface area contributed by atoms with Crippen LogP contribution in [0.4, 0.5) is 0 Å². The number of esters is 1. The van der Waals surface area contributed by atoms with Crippen molar-refractivity contribution in [2.45, 2.75) is 20.8 Å². The fourth-order valence-electron chi connectivity index (χ4n) is 3.58. The van der Waals surface area contributed by atoms with Crippen molar-refractivity contribution in [2.24, 2.45) is 0 Å². The van der Waals surface area contributed by atoms with Crippen LogP contribution in [0.25, 0.3) is 11.8 Å². The average Bonchev–Trinajstić information content (AvgIpc) is 3.34. The zero-order valence-electron chi connectivity index (χ0n) is 17.7. The molecule has 0 saturated heterocycles. The Bertz CT molecular complexity index is 1170. The first-order valence-electron chi connectivity index (χ1n) is 9.96. The maximum atomic E-state index is 12.7. The van der Waals surface area contributed by atoms with E-state index in [1.165, 1.54) is 11.6 Å². The van der Waals surface area contributed by atoms with Crippen LogP contribution in [0.1, 0.15) is 32.9 Å². The van der Waals surface area contributed by atoms with Crippen molar-refractivity contribution >= 4 is 17.8 Å². The van der Waals surface area contributed by atoms with E-state index in [4.69, 9.17) is 14.2 Å². The molecule has 158 valence electrons. The van der Waals surface area contributed by atoms with Crippen LogP contribution in [0, 0.1) is 20.8 Å². The highest BCUT2D eigenvalue weighted by molar-refractivity contribution is 6.00. The van der Waals surface area contributed by atoms with Gasteiger partial charge in [0.1, 0.15) is 0 Å². The van der Waals surface area contributed by atoms with E-state index in [2.05, 4.69) is 0 Å². The summed E-state index contributed by atoms with van der Waals surface area (Å²) < 4.78 is 17.8. The van der Waals surface area contributed by atoms with Crippen LogP contribution in [0.2, 0.25) is 0 Å². The highest BCUT2D eigenvalue weighted by Gasteiger charge is 2.18. The van der Waals surface area contributed by atoms with E-state index in [9.17, 15) is 9.59 Å². The summed E-state index contributed by atoms with van der Waals surface area (Å²) in [5.41, 5.74) is 5.24. The number of aromatic nitrogens is 1. The van der Waals surface area contributed by atoms with Gasteiger partial charge in [-0.1, -0.05) is 23.8 Å². The summed E-state index contributed by atoms with van der Waals surface area (Å²) in [7, 11) is 0. The number of Topliss-reactive ketones (excluding diaryl/α,β-unsaturated/α-hetero) is 1. The summed E-state index contributed by atoms with van der Waals surface area (Å²) in [5, 5.41) is 0. The summed E-state index contributed by atoms with van der Waals surface area (Å²) in [5.74, 6) is 0.484. The SMILES string of the molecule is Cc1ccc(-n2c(C)cc(C(=O)COC(=O)C=Cc3ccc4c(c3)OCO4)c2C)cc1. The lowest BCUT2D eigenvalue weighted by Gasteiger charge is -2.10. The van der Waals surface area contributed by atoms with Gasteiger partial charge < -0.3 is 18.8 Å². The highest BCUT2D eigenvalue weighted by Crippen LogP contribution is 2.32. The molecule has 1 aliphatic heterocycles. The Morgan fingerprint density at radius 1 is 1.00 bits per heavy atom. The quantitative estimate of drug-likeness (QED) is 0.334. The molecule has 0 N–H and O–H groups in total. The Hall–Kier alpha value is -3.80. The van der Waals surface area contributed by atoms with Crippen LogP contribution < -0.4 is 9.47 Å². The Kier molecular flexibility index (Phi) is 5.62. The summed E-state index contributed by atoms with van der Waals surface area (Å²) in [4.78, 5) is 24.8. The summed E-state index contributed by atoms with van der Waals surface area (Å²) in [6.45, 7) is 5.74. The van der Waals surface area contributed by atoms with Gasteiger partial charge in [0.25, 0.3) is 0 Å². The number of aryl methyl sites for hydroxylation is 2. The molecule has 0 spiro atoms. The van der Waals surface area contributed by atoms with Crippen LogP contribution in [-0.4, -0.2) is 29.7 Å². The minimum absolute atomic E-state index is 0.192. The van der Waals surface area contributed by atoms with Crippen molar-refractivity contribution < 1.29 is 23.8 Å². The summed E-state index contributed by atoms with van der Waals surface area (Å²) >= 11 is 0. The van der Waals surface area contributed by atoms with Gasteiger partial charge in [0.2, 0.25) is 12.6 Å². The molecule has 2 heterocycles. The molecular weight excluding hydrogens is 394 g/mol. The third-order valence-corrected chi connectivity index (χ3v) is 5.18. The van der Waals surface area contributed by atoms with E-state index >= 15 is 0 Å². The summed E-state index contributed by atoms with van der Waals surface area (Å²) in [6.07, 6.45) is 2.90. The molecule has 1 aromatic heterocycles. The minimum atomic E-state index is -0.585. The van der Waals surface area contributed by atoms with Gasteiger partial charge in [-0.2, -0.15) is 0 Å². The number of carbonyl (C=O) groups is 2. The molecular formula is C25H23NO5. The Labute approximate surface area is 180 Å². The third kappa shape index (κ3) is 4.38. The average molecular weight is 417 g/mol. The second-order valence-corrected chi connectivity index (χ2v) is 7.43. The van der Waals surface area contributed by atoms with Gasteiger partial charge in [0.05, 0.1) is 0 Å². The number of benzene rings is 2.